The summed E-state index contributed by atoms with van der Waals surface area (Å²) >= 11 is 0. The maximum atomic E-state index is 11.3. The van der Waals surface area contributed by atoms with Gasteiger partial charge in [0.1, 0.15) is 11.9 Å². The maximum absolute atomic E-state index is 11.3. The first-order valence-corrected chi connectivity index (χ1v) is 4.82. The van der Waals surface area contributed by atoms with Crippen LogP contribution in [-0.2, 0) is 9.53 Å². The number of phenolic OH excluding ortho intramolecular Hbond substituents is 1. The Morgan fingerprint density at radius 3 is 2.60 bits per heavy atom. The van der Waals surface area contributed by atoms with E-state index in [-0.39, 0.29) is 17.6 Å². The molecule has 0 saturated heterocycles. The lowest BCUT2D eigenvalue weighted by Crippen LogP contribution is -2.14. The van der Waals surface area contributed by atoms with Gasteiger partial charge in [-0.3, -0.25) is 4.79 Å². The Labute approximate surface area is 88.0 Å². The van der Waals surface area contributed by atoms with Gasteiger partial charge in [0.05, 0.1) is 12.2 Å². The van der Waals surface area contributed by atoms with Crippen molar-refractivity contribution >= 4 is 5.78 Å². The topological polar surface area (TPSA) is 46.5 Å². The van der Waals surface area contributed by atoms with E-state index in [9.17, 15) is 4.79 Å². The summed E-state index contributed by atoms with van der Waals surface area (Å²) in [6, 6.07) is 6.73. The molecule has 1 heterocycles. The number of aromatic hydroxyl groups is 1. The van der Waals surface area contributed by atoms with Crippen molar-refractivity contribution in [3.63, 3.8) is 0 Å². The van der Waals surface area contributed by atoms with Crippen molar-refractivity contribution in [2.45, 2.75) is 19.4 Å². The summed E-state index contributed by atoms with van der Waals surface area (Å²) in [7, 11) is 0. The van der Waals surface area contributed by atoms with E-state index in [1.165, 1.54) is 6.08 Å². The van der Waals surface area contributed by atoms with Gasteiger partial charge in [0.25, 0.3) is 0 Å². The van der Waals surface area contributed by atoms with Gasteiger partial charge in [-0.15, -0.1) is 0 Å². The highest BCUT2D eigenvalue weighted by atomic mass is 16.5. The molecule has 0 radical (unpaired) electrons. The van der Waals surface area contributed by atoms with E-state index < -0.39 is 0 Å². The van der Waals surface area contributed by atoms with Crippen LogP contribution in [0.4, 0.5) is 0 Å². The highest BCUT2D eigenvalue weighted by Crippen LogP contribution is 2.29. The number of allylic oxidation sites excluding steroid dienone is 2. The SMILES string of the molecule is CC1=CC(=O)C[C@H](c2ccc(O)cc2)O1. The van der Waals surface area contributed by atoms with Crippen molar-refractivity contribution < 1.29 is 14.6 Å². The second kappa shape index (κ2) is 3.77. The summed E-state index contributed by atoms with van der Waals surface area (Å²) in [6.07, 6.45) is 1.65. The van der Waals surface area contributed by atoms with Crippen LogP contribution in [0.5, 0.6) is 5.75 Å². The van der Waals surface area contributed by atoms with Crippen molar-refractivity contribution in [1.29, 1.82) is 0 Å². The molecule has 1 aliphatic heterocycles. The summed E-state index contributed by atoms with van der Waals surface area (Å²) in [6.45, 7) is 1.77. The maximum Gasteiger partial charge on any atom is 0.163 e. The summed E-state index contributed by atoms with van der Waals surface area (Å²) in [5.74, 6) is 0.939. The molecule has 0 aliphatic carbocycles. The molecule has 0 unspecified atom stereocenters. The number of ether oxygens (including phenoxy) is 1. The number of rotatable bonds is 1. The lowest BCUT2D eigenvalue weighted by molar-refractivity contribution is -0.118. The lowest BCUT2D eigenvalue weighted by atomic mass is 10.0. The first-order valence-electron chi connectivity index (χ1n) is 4.82. The van der Waals surface area contributed by atoms with E-state index in [1.807, 2.05) is 0 Å². The van der Waals surface area contributed by atoms with Crippen molar-refractivity contribution in [2.75, 3.05) is 0 Å². The standard InChI is InChI=1S/C12H12O3/c1-8-6-11(14)7-12(15-8)9-2-4-10(13)5-3-9/h2-6,12-13H,7H2,1H3/t12-/m1/s1. The predicted octanol–water partition coefficient (Wildman–Crippen LogP) is 2.33. The predicted molar refractivity (Wildman–Crippen MR) is 55.3 cm³/mol. The third-order valence-electron chi connectivity index (χ3n) is 2.34. The minimum atomic E-state index is -0.219. The molecule has 15 heavy (non-hydrogen) atoms. The fraction of sp³-hybridized carbons (Fsp3) is 0.250. The van der Waals surface area contributed by atoms with Gasteiger partial charge < -0.3 is 9.84 Å². The van der Waals surface area contributed by atoms with Crippen LogP contribution >= 0.6 is 0 Å². The normalized spacial score (nSPS) is 20.7. The van der Waals surface area contributed by atoms with Crippen LogP contribution in [0.2, 0.25) is 0 Å². The second-order valence-corrected chi connectivity index (χ2v) is 3.62. The van der Waals surface area contributed by atoms with Crippen LogP contribution < -0.4 is 0 Å². The van der Waals surface area contributed by atoms with E-state index in [2.05, 4.69) is 0 Å². The number of carbonyl (C=O) groups excluding carboxylic acids is 1. The molecular weight excluding hydrogens is 192 g/mol. The van der Waals surface area contributed by atoms with Crippen LogP contribution in [0, 0.1) is 0 Å². The Morgan fingerprint density at radius 1 is 1.33 bits per heavy atom. The Balaban J connectivity index is 2.22. The van der Waals surface area contributed by atoms with Crippen molar-refractivity contribution in [2.24, 2.45) is 0 Å². The average molecular weight is 204 g/mol. The molecule has 0 aromatic heterocycles. The molecule has 0 spiro atoms. The van der Waals surface area contributed by atoms with E-state index in [4.69, 9.17) is 9.84 Å². The largest absolute Gasteiger partial charge is 0.508 e. The summed E-state index contributed by atoms with van der Waals surface area (Å²) in [5, 5.41) is 9.14. The monoisotopic (exact) mass is 204 g/mol. The zero-order valence-electron chi connectivity index (χ0n) is 8.43. The fourth-order valence-electron chi connectivity index (χ4n) is 1.64. The molecule has 1 aromatic carbocycles. The average Bonchev–Trinajstić information content (AvgIpc) is 2.17. The Morgan fingerprint density at radius 2 is 2.00 bits per heavy atom. The number of phenols is 1. The number of ketones is 1. The highest BCUT2D eigenvalue weighted by molar-refractivity contribution is 5.91. The van der Waals surface area contributed by atoms with Gasteiger partial charge in [0.15, 0.2) is 5.78 Å². The van der Waals surface area contributed by atoms with E-state index >= 15 is 0 Å². The second-order valence-electron chi connectivity index (χ2n) is 3.62. The molecule has 0 fully saturated rings. The van der Waals surface area contributed by atoms with Crippen LogP contribution in [0.3, 0.4) is 0 Å². The van der Waals surface area contributed by atoms with Gasteiger partial charge in [0, 0.05) is 6.08 Å². The number of hydrogen-bond acceptors (Lipinski definition) is 3. The third-order valence-corrected chi connectivity index (χ3v) is 2.34. The zero-order valence-corrected chi connectivity index (χ0v) is 8.43. The zero-order chi connectivity index (χ0) is 10.8. The molecule has 78 valence electrons. The molecular formula is C12H12O3. The first kappa shape index (κ1) is 9.77. The third kappa shape index (κ3) is 2.18. The quantitative estimate of drug-likeness (QED) is 0.763. The number of benzene rings is 1. The Bertz CT molecular complexity index is 403. The fourth-order valence-corrected chi connectivity index (χ4v) is 1.64. The molecule has 1 N–H and O–H groups in total. The summed E-state index contributed by atoms with van der Waals surface area (Å²) in [5.41, 5.74) is 0.911. The van der Waals surface area contributed by atoms with E-state index in [1.54, 1.807) is 31.2 Å². The van der Waals surface area contributed by atoms with E-state index in [0.717, 1.165) is 5.56 Å². The molecule has 1 atom stereocenters. The molecule has 3 heteroatoms. The van der Waals surface area contributed by atoms with Crippen LogP contribution in [0.1, 0.15) is 25.0 Å². The summed E-state index contributed by atoms with van der Waals surface area (Å²) in [4.78, 5) is 11.3. The lowest BCUT2D eigenvalue weighted by Gasteiger charge is -2.22. The number of carbonyl (C=O) groups is 1. The van der Waals surface area contributed by atoms with Gasteiger partial charge in [0.2, 0.25) is 0 Å². The van der Waals surface area contributed by atoms with Crippen molar-refractivity contribution in [1.82, 2.24) is 0 Å². The Hall–Kier alpha value is -1.77. The molecule has 0 bridgehead atoms. The molecule has 1 aromatic rings. The van der Waals surface area contributed by atoms with Crippen LogP contribution in [0.15, 0.2) is 36.1 Å². The van der Waals surface area contributed by atoms with Crippen molar-refractivity contribution in [3.8, 4) is 5.75 Å². The van der Waals surface area contributed by atoms with Crippen molar-refractivity contribution in [3.05, 3.63) is 41.7 Å². The van der Waals surface area contributed by atoms with Gasteiger partial charge >= 0.3 is 0 Å². The molecule has 1 aliphatic rings. The van der Waals surface area contributed by atoms with Gasteiger partial charge in [-0.05, 0) is 24.6 Å². The van der Waals surface area contributed by atoms with Crippen LogP contribution in [-0.4, -0.2) is 10.9 Å². The smallest absolute Gasteiger partial charge is 0.163 e. The van der Waals surface area contributed by atoms with Gasteiger partial charge in [-0.1, -0.05) is 12.1 Å². The highest BCUT2D eigenvalue weighted by Gasteiger charge is 2.21. The first-order chi connectivity index (χ1) is 7.15. The minimum Gasteiger partial charge on any atom is -0.508 e. The molecule has 2 rings (SSSR count). The van der Waals surface area contributed by atoms with Crippen LogP contribution in [0.25, 0.3) is 0 Å². The molecule has 0 saturated carbocycles. The van der Waals surface area contributed by atoms with E-state index in [0.29, 0.717) is 12.2 Å². The molecule has 3 nitrogen and oxygen atoms in total. The minimum absolute atomic E-state index is 0.0804. The Kier molecular flexibility index (Phi) is 2.46. The van der Waals surface area contributed by atoms with Gasteiger partial charge in [-0.25, -0.2) is 0 Å². The summed E-state index contributed by atoms with van der Waals surface area (Å²) < 4.78 is 5.54. The molecule has 0 amide bonds. The van der Waals surface area contributed by atoms with Gasteiger partial charge in [-0.2, -0.15) is 0 Å². The number of hydrogen-bond donors (Lipinski definition) is 1.